The minimum Gasteiger partial charge on any atom is -0.383 e. The summed E-state index contributed by atoms with van der Waals surface area (Å²) < 4.78 is 5.20. The maximum Gasteiger partial charge on any atom is 0.0967 e. The first-order chi connectivity index (χ1) is 9.08. The van der Waals surface area contributed by atoms with E-state index in [-0.39, 0.29) is 6.04 Å². The van der Waals surface area contributed by atoms with Gasteiger partial charge in [0.05, 0.1) is 18.7 Å². The van der Waals surface area contributed by atoms with Crippen molar-refractivity contribution in [3.8, 4) is 6.07 Å². The molecular weight excluding hydrogens is 238 g/mol. The number of methoxy groups -OCH3 is 1. The Kier molecular flexibility index (Phi) is 7.37. The fourth-order valence-corrected chi connectivity index (χ4v) is 2.49. The average molecular weight is 267 g/mol. The van der Waals surface area contributed by atoms with E-state index in [9.17, 15) is 0 Å². The third kappa shape index (κ3) is 6.38. The molecule has 1 aliphatic rings. The SMILES string of the molecule is COCCN(CCC(C#N)NC(C)C)C(C)C1CC1. The fraction of sp³-hybridized carbons (Fsp3) is 0.933. The zero-order chi connectivity index (χ0) is 14.3. The second-order valence-electron chi connectivity index (χ2n) is 5.90. The van der Waals surface area contributed by atoms with Gasteiger partial charge in [0.15, 0.2) is 0 Å². The first-order valence-electron chi connectivity index (χ1n) is 7.47. The minimum atomic E-state index is -0.0450. The van der Waals surface area contributed by atoms with Gasteiger partial charge in [0.1, 0.15) is 0 Å². The van der Waals surface area contributed by atoms with E-state index in [1.807, 2.05) is 0 Å². The Morgan fingerprint density at radius 2 is 2.00 bits per heavy atom. The van der Waals surface area contributed by atoms with Crippen LogP contribution in [0.1, 0.15) is 40.0 Å². The van der Waals surface area contributed by atoms with E-state index >= 15 is 0 Å². The Hall–Kier alpha value is -0.630. The van der Waals surface area contributed by atoms with Crippen molar-refractivity contribution in [2.75, 3.05) is 26.8 Å². The Morgan fingerprint density at radius 1 is 1.32 bits per heavy atom. The highest BCUT2D eigenvalue weighted by Gasteiger charge is 2.31. The first kappa shape index (κ1) is 16.4. The zero-order valence-electron chi connectivity index (χ0n) is 12.9. The third-order valence-corrected chi connectivity index (χ3v) is 3.86. The van der Waals surface area contributed by atoms with E-state index in [4.69, 9.17) is 10.00 Å². The number of nitrogens with one attached hydrogen (secondary N) is 1. The Balaban J connectivity index is 2.39. The van der Waals surface area contributed by atoms with Crippen LogP contribution >= 0.6 is 0 Å². The number of nitriles is 1. The Labute approximate surface area is 118 Å². The second-order valence-corrected chi connectivity index (χ2v) is 5.90. The Morgan fingerprint density at radius 3 is 2.47 bits per heavy atom. The summed E-state index contributed by atoms with van der Waals surface area (Å²) >= 11 is 0. The van der Waals surface area contributed by atoms with E-state index in [0.717, 1.165) is 32.0 Å². The van der Waals surface area contributed by atoms with Gasteiger partial charge in [0, 0.05) is 32.3 Å². The molecular formula is C15H29N3O. The van der Waals surface area contributed by atoms with Crippen molar-refractivity contribution in [3.63, 3.8) is 0 Å². The molecule has 4 heteroatoms. The number of hydrogen-bond acceptors (Lipinski definition) is 4. The van der Waals surface area contributed by atoms with E-state index in [1.165, 1.54) is 12.8 Å². The molecule has 0 radical (unpaired) electrons. The molecule has 4 nitrogen and oxygen atoms in total. The topological polar surface area (TPSA) is 48.3 Å². The standard InChI is InChI=1S/C15H29N3O/c1-12(2)17-15(11-16)7-8-18(9-10-19-4)13(3)14-5-6-14/h12-15,17H,5-10H2,1-4H3. The molecule has 110 valence electrons. The van der Waals surface area contributed by atoms with Gasteiger partial charge in [-0.1, -0.05) is 0 Å². The summed E-state index contributed by atoms with van der Waals surface area (Å²) in [5.74, 6) is 0.857. The van der Waals surface area contributed by atoms with E-state index < -0.39 is 0 Å². The van der Waals surface area contributed by atoms with Crippen molar-refractivity contribution in [3.05, 3.63) is 0 Å². The summed E-state index contributed by atoms with van der Waals surface area (Å²) in [4.78, 5) is 2.48. The van der Waals surface area contributed by atoms with Crippen LogP contribution in [0.15, 0.2) is 0 Å². The zero-order valence-corrected chi connectivity index (χ0v) is 12.9. The maximum absolute atomic E-state index is 9.17. The summed E-state index contributed by atoms with van der Waals surface area (Å²) in [6.07, 6.45) is 3.60. The highest BCUT2D eigenvalue weighted by atomic mass is 16.5. The van der Waals surface area contributed by atoms with Crippen LogP contribution in [-0.4, -0.2) is 49.8 Å². The minimum absolute atomic E-state index is 0.0450. The van der Waals surface area contributed by atoms with Crippen LogP contribution in [0.25, 0.3) is 0 Å². The fourth-order valence-electron chi connectivity index (χ4n) is 2.49. The molecule has 0 saturated heterocycles. The lowest BCUT2D eigenvalue weighted by Crippen LogP contribution is -2.41. The lowest BCUT2D eigenvalue weighted by molar-refractivity contribution is 0.114. The van der Waals surface area contributed by atoms with Crippen molar-refractivity contribution >= 4 is 0 Å². The van der Waals surface area contributed by atoms with Crippen LogP contribution in [0.2, 0.25) is 0 Å². The van der Waals surface area contributed by atoms with Crippen molar-refractivity contribution in [1.82, 2.24) is 10.2 Å². The van der Waals surface area contributed by atoms with Gasteiger partial charge in [-0.25, -0.2) is 0 Å². The number of rotatable bonds is 10. The molecule has 2 unspecified atom stereocenters. The van der Waals surface area contributed by atoms with Crippen molar-refractivity contribution in [1.29, 1.82) is 5.26 Å². The van der Waals surface area contributed by atoms with Crippen LogP contribution < -0.4 is 5.32 Å². The van der Waals surface area contributed by atoms with Crippen molar-refractivity contribution < 1.29 is 4.74 Å². The number of ether oxygens (including phenoxy) is 1. The van der Waals surface area contributed by atoms with Crippen LogP contribution in [-0.2, 0) is 4.74 Å². The van der Waals surface area contributed by atoms with Crippen molar-refractivity contribution in [2.24, 2.45) is 5.92 Å². The van der Waals surface area contributed by atoms with Gasteiger partial charge < -0.3 is 4.74 Å². The normalized spacial score (nSPS) is 18.6. The Bertz CT molecular complexity index is 284. The molecule has 1 saturated carbocycles. The van der Waals surface area contributed by atoms with E-state index in [2.05, 4.69) is 37.1 Å². The van der Waals surface area contributed by atoms with Gasteiger partial charge in [0.2, 0.25) is 0 Å². The van der Waals surface area contributed by atoms with Gasteiger partial charge in [0.25, 0.3) is 0 Å². The second kappa shape index (κ2) is 8.52. The summed E-state index contributed by atoms with van der Waals surface area (Å²) in [6.45, 7) is 9.18. The van der Waals surface area contributed by atoms with Gasteiger partial charge in [-0.15, -0.1) is 0 Å². The predicted octanol–water partition coefficient (Wildman–Crippen LogP) is 2.01. The molecule has 1 N–H and O–H groups in total. The summed E-state index contributed by atoms with van der Waals surface area (Å²) in [6, 6.07) is 3.29. The third-order valence-electron chi connectivity index (χ3n) is 3.86. The van der Waals surface area contributed by atoms with Gasteiger partial charge in [-0.3, -0.25) is 10.2 Å². The molecule has 1 rings (SSSR count). The molecule has 19 heavy (non-hydrogen) atoms. The quantitative estimate of drug-likeness (QED) is 0.658. The molecule has 0 aliphatic heterocycles. The lowest BCUT2D eigenvalue weighted by atomic mass is 10.1. The van der Waals surface area contributed by atoms with E-state index in [0.29, 0.717) is 12.1 Å². The van der Waals surface area contributed by atoms with Crippen LogP contribution in [0.3, 0.4) is 0 Å². The number of nitrogens with zero attached hydrogens (tertiary/aromatic N) is 2. The molecule has 1 fully saturated rings. The molecule has 0 amide bonds. The number of hydrogen-bond donors (Lipinski definition) is 1. The first-order valence-corrected chi connectivity index (χ1v) is 7.47. The molecule has 0 heterocycles. The summed E-state index contributed by atoms with van der Waals surface area (Å²) in [7, 11) is 1.75. The monoisotopic (exact) mass is 267 g/mol. The summed E-state index contributed by atoms with van der Waals surface area (Å²) in [5.41, 5.74) is 0. The smallest absolute Gasteiger partial charge is 0.0967 e. The van der Waals surface area contributed by atoms with Crippen LogP contribution in [0, 0.1) is 17.2 Å². The molecule has 2 atom stereocenters. The summed E-state index contributed by atoms with van der Waals surface area (Å²) in [5, 5.41) is 12.5. The highest BCUT2D eigenvalue weighted by molar-refractivity contribution is 4.92. The van der Waals surface area contributed by atoms with Gasteiger partial charge >= 0.3 is 0 Å². The molecule has 0 spiro atoms. The predicted molar refractivity (Wildman–Crippen MR) is 77.9 cm³/mol. The van der Waals surface area contributed by atoms with Crippen LogP contribution in [0.5, 0.6) is 0 Å². The highest BCUT2D eigenvalue weighted by Crippen LogP contribution is 2.35. The molecule has 0 aromatic heterocycles. The van der Waals surface area contributed by atoms with Crippen LogP contribution in [0.4, 0.5) is 0 Å². The van der Waals surface area contributed by atoms with Gasteiger partial charge in [-0.05, 0) is 46.0 Å². The van der Waals surface area contributed by atoms with Gasteiger partial charge in [-0.2, -0.15) is 5.26 Å². The molecule has 0 aromatic rings. The molecule has 1 aliphatic carbocycles. The molecule has 0 aromatic carbocycles. The largest absolute Gasteiger partial charge is 0.383 e. The molecule has 0 bridgehead atoms. The van der Waals surface area contributed by atoms with E-state index in [1.54, 1.807) is 7.11 Å². The van der Waals surface area contributed by atoms with Crippen molar-refractivity contribution in [2.45, 2.75) is 58.2 Å². The maximum atomic E-state index is 9.17. The average Bonchev–Trinajstić information content (AvgIpc) is 3.20. The lowest BCUT2D eigenvalue weighted by Gasteiger charge is -2.30.